The number of halogens is 3. The minimum Gasteiger partial charge on any atom is -0.339 e. The fourth-order valence-electron chi connectivity index (χ4n) is 4.69. The van der Waals surface area contributed by atoms with Crippen molar-refractivity contribution in [2.24, 2.45) is 0 Å². The van der Waals surface area contributed by atoms with Gasteiger partial charge < -0.3 is 14.7 Å². The molecule has 1 atom stereocenters. The molecule has 0 radical (unpaired) electrons. The van der Waals surface area contributed by atoms with E-state index in [0.29, 0.717) is 32.7 Å². The van der Waals surface area contributed by atoms with Crippen molar-refractivity contribution < 1.29 is 27.6 Å². The molecule has 6 nitrogen and oxygen atoms in total. The number of hydrogen-bond acceptors (Lipinski definition) is 3. The maximum absolute atomic E-state index is 13.1. The van der Waals surface area contributed by atoms with Gasteiger partial charge in [-0.1, -0.05) is 24.3 Å². The third kappa shape index (κ3) is 4.93. The lowest BCUT2D eigenvalue weighted by atomic mass is 9.90. The molecule has 180 valence electrons. The second-order valence-electron chi connectivity index (χ2n) is 8.63. The van der Waals surface area contributed by atoms with E-state index in [-0.39, 0.29) is 35.7 Å². The van der Waals surface area contributed by atoms with Crippen molar-refractivity contribution in [1.29, 1.82) is 0 Å². The number of carbonyl (C=O) groups excluding carboxylic acids is 3. The predicted molar refractivity (Wildman–Crippen MR) is 119 cm³/mol. The van der Waals surface area contributed by atoms with Crippen LogP contribution in [0.4, 0.5) is 13.2 Å². The van der Waals surface area contributed by atoms with Crippen LogP contribution in [0.25, 0.3) is 0 Å². The zero-order valence-electron chi connectivity index (χ0n) is 18.8. The molecule has 2 aromatic carbocycles. The van der Waals surface area contributed by atoms with Crippen LogP contribution in [0.5, 0.6) is 0 Å². The molecule has 3 amide bonds. The molecule has 2 aromatic rings. The molecule has 1 saturated heterocycles. The van der Waals surface area contributed by atoms with E-state index in [1.54, 1.807) is 14.7 Å². The highest BCUT2D eigenvalue weighted by molar-refractivity contribution is 5.94. The van der Waals surface area contributed by atoms with Crippen molar-refractivity contribution in [2.75, 3.05) is 32.7 Å². The van der Waals surface area contributed by atoms with Gasteiger partial charge in [0.15, 0.2) is 0 Å². The molecule has 2 heterocycles. The van der Waals surface area contributed by atoms with E-state index in [4.69, 9.17) is 0 Å². The van der Waals surface area contributed by atoms with Gasteiger partial charge >= 0.3 is 6.18 Å². The number of carbonyl (C=O) groups is 3. The van der Waals surface area contributed by atoms with Crippen LogP contribution in [0.1, 0.15) is 46.4 Å². The number of alkyl halides is 3. The Bertz CT molecular complexity index is 1080. The molecule has 2 aliphatic rings. The zero-order valence-corrected chi connectivity index (χ0v) is 18.8. The van der Waals surface area contributed by atoms with Crippen LogP contribution in [0, 0.1) is 0 Å². The number of rotatable bonds is 3. The van der Waals surface area contributed by atoms with E-state index < -0.39 is 11.7 Å². The van der Waals surface area contributed by atoms with E-state index in [2.05, 4.69) is 0 Å². The molecule has 0 saturated carbocycles. The van der Waals surface area contributed by atoms with Gasteiger partial charge in [0.1, 0.15) is 0 Å². The van der Waals surface area contributed by atoms with Crippen molar-refractivity contribution in [1.82, 2.24) is 14.7 Å². The van der Waals surface area contributed by atoms with Gasteiger partial charge in [0.2, 0.25) is 11.8 Å². The predicted octanol–water partition coefficient (Wildman–Crippen LogP) is 3.53. The molecule has 2 aliphatic heterocycles. The Morgan fingerprint density at radius 1 is 0.882 bits per heavy atom. The molecule has 1 unspecified atom stereocenters. The van der Waals surface area contributed by atoms with Gasteiger partial charge in [-0.15, -0.1) is 0 Å². The zero-order chi connectivity index (χ0) is 24.5. The summed E-state index contributed by atoms with van der Waals surface area (Å²) in [5, 5.41) is 0. The fourth-order valence-corrected chi connectivity index (χ4v) is 4.69. The summed E-state index contributed by atoms with van der Waals surface area (Å²) in [5.41, 5.74) is 1.52. The van der Waals surface area contributed by atoms with Gasteiger partial charge in [-0.3, -0.25) is 14.4 Å². The lowest BCUT2D eigenvalue weighted by Gasteiger charge is -2.39. The first kappa shape index (κ1) is 23.8. The fraction of sp³-hybridized carbons (Fsp3) is 0.400. The topological polar surface area (TPSA) is 60.9 Å². The highest BCUT2D eigenvalue weighted by Crippen LogP contribution is 2.33. The summed E-state index contributed by atoms with van der Waals surface area (Å²) < 4.78 is 38.3. The molecule has 0 bridgehead atoms. The number of nitrogens with zero attached hydrogens (tertiary/aromatic N) is 3. The molecule has 0 aliphatic carbocycles. The molecule has 34 heavy (non-hydrogen) atoms. The SMILES string of the molecule is CC(=O)N1CCc2ccccc2C1CC(=O)N1CCN(C(=O)c2ccc(C(F)(F)F)cc2)CC1. The minimum atomic E-state index is -4.45. The Labute approximate surface area is 195 Å². The van der Waals surface area contributed by atoms with Crippen LogP contribution in [-0.4, -0.2) is 65.1 Å². The van der Waals surface area contributed by atoms with Gasteiger partial charge in [-0.05, 0) is 41.8 Å². The summed E-state index contributed by atoms with van der Waals surface area (Å²) in [6, 6.07) is 11.7. The smallest absolute Gasteiger partial charge is 0.339 e. The minimum absolute atomic E-state index is 0.0701. The summed E-state index contributed by atoms with van der Waals surface area (Å²) >= 11 is 0. The number of piperazine rings is 1. The van der Waals surface area contributed by atoms with Crippen LogP contribution >= 0.6 is 0 Å². The van der Waals surface area contributed by atoms with E-state index in [1.807, 2.05) is 24.3 Å². The Hall–Kier alpha value is -3.36. The van der Waals surface area contributed by atoms with E-state index >= 15 is 0 Å². The molecule has 4 rings (SSSR count). The molecular weight excluding hydrogens is 447 g/mol. The first-order chi connectivity index (χ1) is 16.1. The Morgan fingerprint density at radius 2 is 1.50 bits per heavy atom. The van der Waals surface area contributed by atoms with Crippen LogP contribution < -0.4 is 0 Å². The first-order valence-electron chi connectivity index (χ1n) is 11.2. The molecule has 0 aromatic heterocycles. The first-order valence-corrected chi connectivity index (χ1v) is 11.2. The van der Waals surface area contributed by atoms with E-state index in [0.717, 1.165) is 29.7 Å². The van der Waals surface area contributed by atoms with Gasteiger partial charge in [0.25, 0.3) is 5.91 Å². The molecule has 0 N–H and O–H groups in total. The van der Waals surface area contributed by atoms with Gasteiger partial charge in [0.05, 0.1) is 18.0 Å². The second kappa shape index (κ2) is 9.48. The monoisotopic (exact) mass is 473 g/mol. The Morgan fingerprint density at radius 3 is 2.12 bits per heavy atom. The number of fused-ring (bicyclic) bond motifs is 1. The van der Waals surface area contributed by atoms with E-state index in [1.165, 1.54) is 19.1 Å². The maximum atomic E-state index is 13.1. The largest absolute Gasteiger partial charge is 0.416 e. The van der Waals surface area contributed by atoms with Crippen molar-refractivity contribution in [3.8, 4) is 0 Å². The Kier molecular flexibility index (Phi) is 6.63. The number of benzene rings is 2. The molecule has 0 spiro atoms. The standard InChI is InChI=1S/C25H26F3N3O3/c1-17(32)31-11-10-18-4-2-3-5-21(18)22(31)16-23(33)29-12-14-30(15-13-29)24(34)19-6-8-20(9-7-19)25(26,27)28/h2-9,22H,10-16H2,1H3. The van der Waals surface area contributed by atoms with E-state index in [9.17, 15) is 27.6 Å². The van der Waals surface area contributed by atoms with Gasteiger partial charge in [-0.2, -0.15) is 13.2 Å². The van der Waals surface area contributed by atoms with Crippen LogP contribution in [0.2, 0.25) is 0 Å². The average molecular weight is 473 g/mol. The average Bonchev–Trinajstić information content (AvgIpc) is 2.83. The quantitative estimate of drug-likeness (QED) is 0.686. The summed E-state index contributed by atoms with van der Waals surface area (Å²) in [7, 11) is 0. The third-order valence-electron chi connectivity index (χ3n) is 6.56. The number of amides is 3. The third-order valence-corrected chi connectivity index (χ3v) is 6.56. The molecular formula is C25H26F3N3O3. The van der Waals surface area contributed by atoms with Crippen LogP contribution in [-0.2, 0) is 22.2 Å². The van der Waals surface area contributed by atoms with Crippen molar-refractivity contribution in [3.05, 3.63) is 70.8 Å². The lowest BCUT2D eigenvalue weighted by Crippen LogP contribution is -2.51. The van der Waals surface area contributed by atoms with Crippen LogP contribution in [0.15, 0.2) is 48.5 Å². The number of hydrogen-bond donors (Lipinski definition) is 0. The lowest BCUT2D eigenvalue weighted by molar-refractivity contribution is -0.138. The maximum Gasteiger partial charge on any atom is 0.416 e. The second-order valence-corrected chi connectivity index (χ2v) is 8.63. The van der Waals surface area contributed by atoms with Gasteiger partial charge in [0, 0.05) is 45.2 Å². The Balaban J connectivity index is 1.38. The van der Waals surface area contributed by atoms with Crippen molar-refractivity contribution >= 4 is 17.7 Å². The summed E-state index contributed by atoms with van der Waals surface area (Å²) in [5.74, 6) is -0.515. The summed E-state index contributed by atoms with van der Waals surface area (Å²) in [4.78, 5) is 43.0. The highest BCUT2D eigenvalue weighted by Gasteiger charge is 2.34. The highest BCUT2D eigenvalue weighted by atomic mass is 19.4. The summed E-state index contributed by atoms with van der Waals surface area (Å²) in [6.45, 7) is 3.34. The molecule has 1 fully saturated rings. The van der Waals surface area contributed by atoms with Crippen molar-refractivity contribution in [3.63, 3.8) is 0 Å². The van der Waals surface area contributed by atoms with Crippen molar-refractivity contribution in [2.45, 2.75) is 32.0 Å². The summed E-state index contributed by atoms with van der Waals surface area (Å²) in [6.07, 6.45) is -3.53. The van der Waals surface area contributed by atoms with Gasteiger partial charge in [-0.25, -0.2) is 0 Å². The molecule has 9 heteroatoms. The normalized spacial score (nSPS) is 18.5. The van der Waals surface area contributed by atoms with Crippen LogP contribution in [0.3, 0.4) is 0 Å².